The number of hydrogen-bond donors (Lipinski definition) is 2. The third-order valence-electron chi connectivity index (χ3n) is 2.85. The number of benzene rings is 1. The number of aryl methyl sites for hydroxylation is 1. The molecule has 0 fully saturated rings. The van der Waals surface area contributed by atoms with E-state index in [2.05, 4.69) is 51.4 Å². The molecule has 2 rings (SSSR count). The van der Waals surface area contributed by atoms with Crippen molar-refractivity contribution >= 4 is 15.9 Å². The SMILES string of the molecule is CCNC(C)c1ccc(Oc2cc(C)[nH]n2)cc1Br. The van der Waals surface area contributed by atoms with Gasteiger partial charge in [0.25, 0.3) is 0 Å². The summed E-state index contributed by atoms with van der Waals surface area (Å²) in [4.78, 5) is 0. The first-order valence-electron chi connectivity index (χ1n) is 6.33. The third-order valence-corrected chi connectivity index (χ3v) is 3.54. The average molecular weight is 324 g/mol. The van der Waals surface area contributed by atoms with E-state index in [1.54, 1.807) is 0 Å². The summed E-state index contributed by atoms with van der Waals surface area (Å²) in [5.74, 6) is 1.35. The number of rotatable bonds is 5. The second-order valence-corrected chi connectivity index (χ2v) is 5.31. The van der Waals surface area contributed by atoms with E-state index in [0.717, 1.165) is 22.5 Å². The van der Waals surface area contributed by atoms with Gasteiger partial charge in [0, 0.05) is 22.3 Å². The lowest BCUT2D eigenvalue weighted by atomic mass is 10.1. The van der Waals surface area contributed by atoms with Gasteiger partial charge in [-0.2, -0.15) is 0 Å². The maximum absolute atomic E-state index is 5.68. The fourth-order valence-electron chi connectivity index (χ4n) is 1.90. The molecule has 102 valence electrons. The first-order valence-corrected chi connectivity index (χ1v) is 7.12. The van der Waals surface area contributed by atoms with Gasteiger partial charge < -0.3 is 10.1 Å². The highest BCUT2D eigenvalue weighted by molar-refractivity contribution is 9.10. The van der Waals surface area contributed by atoms with Gasteiger partial charge in [0.1, 0.15) is 5.75 Å². The highest BCUT2D eigenvalue weighted by atomic mass is 79.9. The normalized spacial score (nSPS) is 12.4. The molecule has 19 heavy (non-hydrogen) atoms. The van der Waals surface area contributed by atoms with Gasteiger partial charge in [-0.3, -0.25) is 5.10 Å². The monoisotopic (exact) mass is 323 g/mol. The minimum absolute atomic E-state index is 0.307. The van der Waals surface area contributed by atoms with Crippen LogP contribution in [0.5, 0.6) is 11.6 Å². The lowest BCUT2D eigenvalue weighted by Gasteiger charge is -2.15. The Hall–Kier alpha value is -1.33. The van der Waals surface area contributed by atoms with Crippen molar-refractivity contribution in [3.8, 4) is 11.6 Å². The quantitative estimate of drug-likeness (QED) is 0.876. The molecule has 0 radical (unpaired) electrons. The van der Waals surface area contributed by atoms with Gasteiger partial charge in [-0.05, 0) is 38.1 Å². The lowest BCUT2D eigenvalue weighted by Crippen LogP contribution is -2.17. The average Bonchev–Trinajstić information content (AvgIpc) is 2.75. The van der Waals surface area contributed by atoms with Gasteiger partial charge in [0.05, 0.1) is 0 Å². The highest BCUT2D eigenvalue weighted by Crippen LogP contribution is 2.29. The fourth-order valence-corrected chi connectivity index (χ4v) is 2.61. The van der Waals surface area contributed by atoms with Crippen molar-refractivity contribution in [2.75, 3.05) is 6.54 Å². The standard InChI is InChI=1S/C14H18BrN3O/c1-4-16-10(3)12-6-5-11(8-13(12)15)19-14-7-9(2)17-18-14/h5-8,10,16H,4H2,1-3H3,(H,17,18). The number of aromatic amines is 1. The van der Waals surface area contributed by atoms with E-state index < -0.39 is 0 Å². The molecule has 0 aliphatic heterocycles. The molecule has 1 atom stereocenters. The Kier molecular flexibility index (Phi) is 4.61. The summed E-state index contributed by atoms with van der Waals surface area (Å²) < 4.78 is 6.72. The van der Waals surface area contributed by atoms with Crippen LogP contribution in [-0.2, 0) is 0 Å². The van der Waals surface area contributed by atoms with Crippen LogP contribution in [0.25, 0.3) is 0 Å². The van der Waals surface area contributed by atoms with E-state index in [4.69, 9.17) is 4.74 Å². The Morgan fingerprint density at radius 3 is 2.79 bits per heavy atom. The van der Waals surface area contributed by atoms with Crippen LogP contribution in [0.15, 0.2) is 28.7 Å². The Bertz CT molecular complexity index is 553. The molecule has 1 aromatic heterocycles. The predicted octanol–water partition coefficient (Wildman–Crippen LogP) is 3.94. The summed E-state index contributed by atoms with van der Waals surface area (Å²) in [6.45, 7) is 7.12. The molecular weight excluding hydrogens is 306 g/mol. The summed E-state index contributed by atoms with van der Waals surface area (Å²) in [6.07, 6.45) is 0. The van der Waals surface area contributed by atoms with Crippen LogP contribution in [-0.4, -0.2) is 16.7 Å². The first-order chi connectivity index (χ1) is 9.10. The van der Waals surface area contributed by atoms with Crippen molar-refractivity contribution in [3.63, 3.8) is 0 Å². The molecule has 0 amide bonds. The van der Waals surface area contributed by atoms with Crippen LogP contribution < -0.4 is 10.1 Å². The van der Waals surface area contributed by atoms with Gasteiger partial charge >= 0.3 is 0 Å². The van der Waals surface area contributed by atoms with E-state index in [9.17, 15) is 0 Å². The second-order valence-electron chi connectivity index (χ2n) is 4.45. The topological polar surface area (TPSA) is 49.9 Å². The smallest absolute Gasteiger partial charge is 0.238 e. The van der Waals surface area contributed by atoms with E-state index in [1.165, 1.54) is 5.56 Å². The third kappa shape index (κ3) is 3.58. The molecule has 0 spiro atoms. The molecule has 4 nitrogen and oxygen atoms in total. The molecule has 0 aliphatic rings. The Morgan fingerprint density at radius 1 is 1.42 bits per heavy atom. The van der Waals surface area contributed by atoms with Crippen molar-refractivity contribution < 1.29 is 4.74 Å². The number of nitrogens with zero attached hydrogens (tertiary/aromatic N) is 1. The summed E-state index contributed by atoms with van der Waals surface area (Å²) in [5.41, 5.74) is 2.19. The molecule has 1 heterocycles. The van der Waals surface area contributed by atoms with Crippen LogP contribution in [0.4, 0.5) is 0 Å². The molecule has 1 unspecified atom stereocenters. The van der Waals surface area contributed by atoms with Crippen LogP contribution in [0.3, 0.4) is 0 Å². The van der Waals surface area contributed by atoms with E-state index in [-0.39, 0.29) is 0 Å². The van der Waals surface area contributed by atoms with Crippen molar-refractivity contribution in [1.29, 1.82) is 0 Å². The van der Waals surface area contributed by atoms with Gasteiger partial charge in [0.2, 0.25) is 5.88 Å². The molecule has 5 heteroatoms. The fraction of sp³-hybridized carbons (Fsp3) is 0.357. The van der Waals surface area contributed by atoms with E-state index >= 15 is 0 Å². The maximum Gasteiger partial charge on any atom is 0.238 e. The molecule has 2 N–H and O–H groups in total. The van der Waals surface area contributed by atoms with Crippen molar-refractivity contribution in [1.82, 2.24) is 15.5 Å². The zero-order valence-corrected chi connectivity index (χ0v) is 12.9. The van der Waals surface area contributed by atoms with Gasteiger partial charge in [-0.15, -0.1) is 5.10 Å². The predicted molar refractivity (Wildman–Crippen MR) is 79.6 cm³/mol. The van der Waals surface area contributed by atoms with Gasteiger partial charge in [0.15, 0.2) is 0 Å². The molecule has 2 aromatic rings. The van der Waals surface area contributed by atoms with Crippen molar-refractivity contribution in [3.05, 3.63) is 40.0 Å². The van der Waals surface area contributed by atoms with Crippen molar-refractivity contribution in [2.45, 2.75) is 26.8 Å². The summed E-state index contributed by atoms with van der Waals surface area (Å²) in [7, 11) is 0. The molecule has 0 bridgehead atoms. The number of H-pyrrole nitrogens is 1. The van der Waals surface area contributed by atoms with Gasteiger partial charge in [-0.25, -0.2) is 0 Å². The molecule has 0 saturated heterocycles. The minimum Gasteiger partial charge on any atom is -0.438 e. The first kappa shape index (κ1) is 14.1. The number of aromatic nitrogens is 2. The number of halogens is 1. The highest BCUT2D eigenvalue weighted by Gasteiger charge is 2.10. The van der Waals surface area contributed by atoms with Gasteiger partial charge in [-0.1, -0.05) is 28.9 Å². The van der Waals surface area contributed by atoms with Crippen LogP contribution in [0, 0.1) is 6.92 Å². The van der Waals surface area contributed by atoms with Crippen LogP contribution >= 0.6 is 15.9 Å². The number of ether oxygens (including phenoxy) is 1. The largest absolute Gasteiger partial charge is 0.438 e. The Labute approximate surface area is 121 Å². The maximum atomic E-state index is 5.68. The Morgan fingerprint density at radius 2 is 2.21 bits per heavy atom. The van der Waals surface area contributed by atoms with E-state index in [1.807, 2.05) is 25.1 Å². The molecule has 0 aliphatic carbocycles. The zero-order chi connectivity index (χ0) is 13.8. The molecular formula is C14H18BrN3O. The molecule has 1 aromatic carbocycles. The van der Waals surface area contributed by atoms with E-state index in [0.29, 0.717) is 11.9 Å². The Balaban J connectivity index is 2.14. The lowest BCUT2D eigenvalue weighted by molar-refractivity contribution is 0.460. The van der Waals surface area contributed by atoms with Crippen LogP contribution in [0.2, 0.25) is 0 Å². The minimum atomic E-state index is 0.307. The number of hydrogen-bond acceptors (Lipinski definition) is 3. The molecule has 0 saturated carbocycles. The summed E-state index contributed by atoms with van der Waals surface area (Å²) >= 11 is 3.59. The number of nitrogens with one attached hydrogen (secondary N) is 2. The van der Waals surface area contributed by atoms with Crippen LogP contribution in [0.1, 0.15) is 31.1 Å². The second kappa shape index (κ2) is 6.21. The summed E-state index contributed by atoms with van der Waals surface area (Å²) in [6, 6.07) is 8.15. The van der Waals surface area contributed by atoms with Crippen molar-refractivity contribution in [2.24, 2.45) is 0 Å². The summed E-state index contributed by atoms with van der Waals surface area (Å²) in [5, 5.41) is 10.3. The zero-order valence-electron chi connectivity index (χ0n) is 11.3.